The quantitative estimate of drug-likeness (QED) is 0.531. The van der Waals surface area contributed by atoms with Gasteiger partial charge in [0.15, 0.2) is 9.84 Å². The second-order valence-electron chi connectivity index (χ2n) is 7.93. The number of benzene rings is 1. The van der Waals surface area contributed by atoms with Gasteiger partial charge in [0, 0.05) is 41.8 Å². The molecule has 0 spiro atoms. The number of hydrogen-bond donors (Lipinski definition) is 0. The molecule has 1 amide bonds. The molecule has 0 fully saturated rings. The van der Waals surface area contributed by atoms with E-state index in [0.29, 0.717) is 11.6 Å². The fraction of sp³-hybridized carbons (Fsp3) is 0.250. The molecule has 0 aliphatic carbocycles. The minimum atomic E-state index is -3.38. The van der Waals surface area contributed by atoms with Crippen molar-refractivity contribution in [3.63, 3.8) is 0 Å². The summed E-state index contributed by atoms with van der Waals surface area (Å²) in [6.07, 6.45) is 4.70. The Morgan fingerprint density at radius 2 is 2.09 bits per heavy atom. The van der Waals surface area contributed by atoms with Crippen molar-refractivity contribution in [3.8, 4) is 11.6 Å². The predicted molar refractivity (Wildman–Crippen MR) is 122 cm³/mol. The van der Waals surface area contributed by atoms with Gasteiger partial charge >= 0.3 is 0 Å². The highest BCUT2D eigenvalue weighted by Crippen LogP contribution is 2.22. The number of sulfone groups is 1. The van der Waals surface area contributed by atoms with Gasteiger partial charge < -0.3 is 14.2 Å². The number of carbonyl (C=O) groups is 1. The monoisotopic (exact) mass is 469 g/mol. The van der Waals surface area contributed by atoms with Crippen molar-refractivity contribution in [3.05, 3.63) is 89.0 Å². The average Bonchev–Trinajstić information content (AvgIpc) is 3.38. The van der Waals surface area contributed by atoms with Crippen LogP contribution in [0.15, 0.2) is 66.3 Å². The Bertz CT molecular complexity index is 1320. The third-order valence-corrected chi connectivity index (χ3v) is 6.98. The summed E-state index contributed by atoms with van der Waals surface area (Å²) in [7, 11) is -1.89. The lowest BCUT2D eigenvalue weighted by atomic mass is 10.1. The van der Waals surface area contributed by atoms with Crippen LogP contribution in [-0.2, 0) is 27.6 Å². The molecular formula is C24H24FN3O4S. The summed E-state index contributed by atoms with van der Waals surface area (Å²) in [6, 6.07) is 11.3. The zero-order valence-electron chi connectivity index (χ0n) is 18.3. The number of amides is 1. The fourth-order valence-electron chi connectivity index (χ4n) is 3.85. The SMILES string of the molecule is COc1cc(CN(C(=O)Cc2ccc(-n3cccc3C)cc2F)[C@@H]2C=CS(=O)(=O)C2)ccn1. The lowest BCUT2D eigenvalue weighted by Gasteiger charge is -2.28. The van der Waals surface area contributed by atoms with E-state index in [0.717, 1.165) is 16.7 Å². The first-order valence-corrected chi connectivity index (χ1v) is 12.1. The van der Waals surface area contributed by atoms with Crippen molar-refractivity contribution < 1.29 is 22.3 Å². The van der Waals surface area contributed by atoms with Gasteiger partial charge in [-0.15, -0.1) is 0 Å². The van der Waals surface area contributed by atoms with E-state index < -0.39 is 21.7 Å². The molecule has 7 nitrogen and oxygen atoms in total. The van der Waals surface area contributed by atoms with Crippen LogP contribution in [0.2, 0.25) is 0 Å². The van der Waals surface area contributed by atoms with E-state index in [1.807, 2.05) is 29.8 Å². The minimum absolute atomic E-state index is 0.143. The molecule has 3 heterocycles. The maximum atomic E-state index is 14.9. The number of rotatable bonds is 7. The summed E-state index contributed by atoms with van der Waals surface area (Å²) in [5.74, 6) is -0.679. The molecule has 33 heavy (non-hydrogen) atoms. The first-order valence-electron chi connectivity index (χ1n) is 10.4. The van der Waals surface area contributed by atoms with E-state index in [2.05, 4.69) is 4.98 Å². The van der Waals surface area contributed by atoms with Crippen molar-refractivity contribution in [1.29, 1.82) is 0 Å². The van der Waals surface area contributed by atoms with Crippen LogP contribution in [-0.4, -0.2) is 47.7 Å². The lowest BCUT2D eigenvalue weighted by Crippen LogP contribution is -2.41. The largest absolute Gasteiger partial charge is 0.481 e. The molecule has 172 valence electrons. The zero-order chi connectivity index (χ0) is 23.6. The molecule has 3 aromatic rings. The van der Waals surface area contributed by atoms with Gasteiger partial charge in [0.05, 0.1) is 25.3 Å². The molecule has 4 rings (SSSR count). The first-order chi connectivity index (χ1) is 15.8. The Balaban J connectivity index is 1.58. The number of pyridine rings is 1. The van der Waals surface area contributed by atoms with Crippen LogP contribution >= 0.6 is 0 Å². The smallest absolute Gasteiger partial charge is 0.227 e. The average molecular weight is 470 g/mol. The van der Waals surface area contributed by atoms with Crippen LogP contribution in [0.25, 0.3) is 5.69 Å². The third kappa shape index (κ3) is 5.14. The minimum Gasteiger partial charge on any atom is -0.481 e. The topological polar surface area (TPSA) is 81.5 Å². The van der Waals surface area contributed by atoms with E-state index in [1.165, 1.54) is 24.2 Å². The molecular weight excluding hydrogens is 445 g/mol. The number of hydrogen-bond acceptors (Lipinski definition) is 5. The standard InChI is InChI=1S/C24H24FN3O4S/c1-17-4-3-10-27(17)20-6-5-19(22(25)14-20)13-24(29)28(21-8-11-33(30,31)16-21)15-18-7-9-26-23(12-18)32-2/h3-12,14,21H,13,15-16H2,1-2H3/t21-/m1/s1. The molecule has 0 N–H and O–H groups in total. The summed E-state index contributed by atoms with van der Waals surface area (Å²) < 4.78 is 45.9. The Kier molecular flexibility index (Phi) is 6.33. The Labute approximate surface area is 192 Å². The molecule has 0 radical (unpaired) electrons. The zero-order valence-corrected chi connectivity index (χ0v) is 19.1. The van der Waals surface area contributed by atoms with Gasteiger partial charge in [0.1, 0.15) is 5.82 Å². The molecule has 0 unspecified atom stereocenters. The molecule has 9 heteroatoms. The van der Waals surface area contributed by atoms with Crippen LogP contribution in [0.4, 0.5) is 4.39 Å². The first kappa shape index (κ1) is 22.7. The maximum Gasteiger partial charge on any atom is 0.227 e. The maximum absolute atomic E-state index is 14.9. The molecule has 1 atom stereocenters. The van der Waals surface area contributed by atoms with Gasteiger partial charge in [-0.05, 0) is 54.5 Å². The second kappa shape index (κ2) is 9.19. The van der Waals surface area contributed by atoms with Gasteiger partial charge in [0.25, 0.3) is 0 Å². The molecule has 0 saturated carbocycles. The van der Waals surface area contributed by atoms with Crippen molar-refractivity contribution in [2.75, 3.05) is 12.9 Å². The van der Waals surface area contributed by atoms with Gasteiger partial charge in [0.2, 0.25) is 11.8 Å². The van der Waals surface area contributed by atoms with E-state index in [4.69, 9.17) is 4.74 Å². The summed E-state index contributed by atoms with van der Waals surface area (Å²) in [5.41, 5.74) is 2.60. The van der Waals surface area contributed by atoms with Gasteiger partial charge in [-0.3, -0.25) is 4.79 Å². The molecule has 1 aliphatic rings. The normalized spacial score (nSPS) is 16.6. The van der Waals surface area contributed by atoms with E-state index in [9.17, 15) is 17.6 Å². The van der Waals surface area contributed by atoms with Crippen LogP contribution in [0.1, 0.15) is 16.8 Å². The van der Waals surface area contributed by atoms with Crippen molar-refractivity contribution >= 4 is 15.7 Å². The highest BCUT2D eigenvalue weighted by Gasteiger charge is 2.30. The Morgan fingerprint density at radius 3 is 2.73 bits per heavy atom. The predicted octanol–water partition coefficient (Wildman–Crippen LogP) is 3.21. The van der Waals surface area contributed by atoms with E-state index in [1.54, 1.807) is 30.5 Å². The summed E-state index contributed by atoms with van der Waals surface area (Å²) in [6.45, 7) is 2.06. The number of ether oxygens (including phenoxy) is 1. The molecule has 1 aromatic carbocycles. The number of aryl methyl sites for hydroxylation is 1. The van der Waals surface area contributed by atoms with E-state index in [-0.39, 0.29) is 30.2 Å². The van der Waals surface area contributed by atoms with Crippen molar-refractivity contribution in [2.24, 2.45) is 0 Å². The van der Waals surface area contributed by atoms with Crippen LogP contribution in [0.3, 0.4) is 0 Å². The number of nitrogens with zero attached hydrogens (tertiary/aromatic N) is 3. The fourth-order valence-corrected chi connectivity index (χ4v) is 5.15. The Morgan fingerprint density at radius 1 is 1.27 bits per heavy atom. The van der Waals surface area contributed by atoms with Gasteiger partial charge in [-0.2, -0.15) is 0 Å². The van der Waals surface area contributed by atoms with E-state index >= 15 is 0 Å². The molecule has 2 aromatic heterocycles. The Hall–Kier alpha value is -3.46. The number of carbonyl (C=O) groups excluding carboxylic acids is 1. The van der Waals surface area contributed by atoms with Crippen LogP contribution in [0.5, 0.6) is 5.88 Å². The molecule has 1 aliphatic heterocycles. The number of aromatic nitrogens is 2. The number of methoxy groups -OCH3 is 1. The summed E-state index contributed by atoms with van der Waals surface area (Å²) in [4.78, 5) is 18.8. The van der Waals surface area contributed by atoms with Gasteiger partial charge in [-0.25, -0.2) is 17.8 Å². The summed E-state index contributed by atoms with van der Waals surface area (Å²) >= 11 is 0. The number of halogens is 1. The molecule has 0 bridgehead atoms. The lowest BCUT2D eigenvalue weighted by molar-refractivity contribution is -0.132. The second-order valence-corrected chi connectivity index (χ2v) is 9.86. The highest BCUT2D eigenvalue weighted by atomic mass is 32.2. The summed E-state index contributed by atoms with van der Waals surface area (Å²) in [5, 5.41) is 1.12. The van der Waals surface area contributed by atoms with Crippen molar-refractivity contribution in [2.45, 2.75) is 25.9 Å². The van der Waals surface area contributed by atoms with Crippen molar-refractivity contribution in [1.82, 2.24) is 14.5 Å². The highest BCUT2D eigenvalue weighted by molar-refractivity contribution is 7.94. The molecule has 0 saturated heterocycles. The van der Waals surface area contributed by atoms with Gasteiger partial charge in [-0.1, -0.05) is 6.07 Å². The van der Waals surface area contributed by atoms with Crippen LogP contribution < -0.4 is 4.74 Å². The van der Waals surface area contributed by atoms with Crippen LogP contribution in [0, 0.1) is 12.7 Å². The third-order valence-electron chi connectivity index (χ3n) is 5.60.